The summed E-state index contributed by atoms with van der Waals surface area (Å²) in [5, 5.41) is 10.0. The molecule has 0 radical (unpaired) electrons. The number of hydrogen-bond acceptors (Lipinski definition) is 8. The molecule has 2 unspecified atom stereocenters. The van der Waals surface area contributed by atoms with E-state index < -0.39 is 18.0 Å². The summed E-state index contributed by atoms with van der Waals surface area (Å²) in [5.74, 6) is 0.952. The molecule has 0 bridgehead atoms. The maximum atomic E-state index is 13.3. The van der Waals surface area contributed by atoms with E-state index in [9.17, 15) is 14.4 Å². The lowest BCUT2D eigenvalue weighted by molar-refractivity contribution is -0.141. The molecule has 0 saturated carbocycles. The van der Waals surface area contributed by atoms with Crippen molar-refractivity contribution >= 4 is 5.97 Å². The fourth-order valence-electron chi connectivity index (χ4n) is 5.06. The number of carbonyl (C=O) groups is 1. The average Bonchev–Trinajstić information content (AvgIpc) is 3.04. The molecule has 1 aliphatic rings. The van der Waals surface area contributed by atoms with Crippen LogP contribution in [0.15, 0.2) is 96.4 Å². The Morgan fingerprint density at radius 3 is 2.33 bits per heavy atom. The summed E-state index contributed by atoms with van der Waals surface area (Å²) in [5.41, 5.74) is 9.79. The Bertz CT molecular complexity index is 1780. The third-order valence-corrected chi connectivity index (χ3v) is 7.51. The van der Waals surface area contributed by atoms with Crippen LogP contribution in [0.5, 0.6) is 28.7 Å². The maximum Gasteiger partial charge on any atom is 0.352 e. The number of halogens is 1. The lowest BCUT2D eigenvalue weighted by atomic mass is 9.83. The number of nitriles is 1. The molecule has 46 heavy (non-hydrogen) atoms. The largest absolute Gasteiger partial charge is 0.490 e. The van der Waals surface area contributed by atoms with Gasteiger partial charge in [0, 0.05) is 11.6 Å². The van der Waals surface area contributed by atoms with Gasteiger partial charge in [-0.3, -0.25) is 0 Å². The summed E-state index contributed by atoms with van der Waals surface area (Å²) in [4.78, 5) is 12.9. The van der Waals surface area contributed by atoms with Crippen LogP contribution >= 0.6 is 0 Å². The number of rotatable bonds is 11. The summed E-state index contributed by atoms with van der Waals surface area (Å²) >= 11 is 0. The molecule has 1 heterocycles. The summed E-state index contributed by atoms with van der Waals surface area (Å²) in [6.45, 7) is 8.28. The van der Waals surface area contributed by atoms with Crippen molar-refractivity contribution in [3.63, 3.8) is 0 Å². The minimum absolute atomic E-state index is 0.0559. The molecule has 2 N–H and O–H groups in total. The van der Waals surface area contributed by atoms with Crippen LogP contribution in [0, 0.1) is 17.1 Å². The van der Waals surface area contributed by atoms with Gasteiger partial charge in [0.2, 0.25) is 5.88 Å². The number of nitrogens with zero attached hydrogens (tertiary/aromatic N) is 1. The SMILES string of the molecule is CCOc1cc(C2C(C#N)=C(N)Oc3cc(OC(=O)C(C)Oc4ccc(C(C)C)cc4)ccc32)ccc1OCc1ccc(F)cc1. The van der Waals surface area contributed by atoms with Gasteiger partial charge in [-0.05, 0) is 78.9 Å². The van der Waals surface area contributed by atoms with Crippen LogP contribution in [0.4, 0.5) is 4.39 Å². The fourth-order valence-corrected chi connectivity index (χ4v) is 5.06. The Hall–Kier alpha value is -5.49. The van der Waals surface area contributed by atoms with Crippen LogP contribution in [0.3, 0.4) is 0 Å². The molecule has 4 aromatic rings. The van der Waals surface area contributed by atoms with E-state index in [4.69, 9.17) is 29.4 Å². The van der Waals surface area contributed by atoms with Crippen LogP contribution in [0.25, 0.3) is 0 Å². The van der Waals surface area contributed by atoms with Gasteiger partial charge < -0.3 is 29.4 Å². The third-order valence-electron chi connectivity index (χ3n) is 7.51. The van der Waals surface area contributed by atoms with Crippen molar-refractivity contribution in [1.82, 2.24) is 0 Å². The number of ether oxygens (including phenoxy) is 5. The standard InChI is InChI=1S/C37H35FN2O6/c1-5-42-34-18-26(10-17-32(34)43-21-24-6-11-27(38)12-7-24)35-30-16-15-29(19-33(30)46-36(40)31(35)20-39)45-37(41)23(4)44-28-13-8-25(9-14-28)22(2)3/h6-19,22-23,35H,5,21,40H2,1-4H3. The molecule has 0 fully saturated rings. The van der Waals surface area contributed by atoms with Crippen molar-refractivity contribution in [2.24, 2.45) is 5.73 Å². The molecule has 0 amide bonds. The van der Waals surface area contributed by atoms with Gasteiger partial charge >= 0.3 is 5.97 Å². The van der Waals surface area contributed by atoms with E-state index in [-0.39, 0.29) is 29.6 Å². The lowest BCUT2D eigenvalue weighted by Crippen LogP contribution is -2.28. The number of carbonyl (C=O) groups excluding carboxylic acids is 1. The van der Waals surface area contributed by atoms with Gasteiger partial charge in [0.25, 0.3) is 0 Å². The van der Waals surface area contributed by atoms with Gasteiger partial charge in [-0.1, -0.05) is 50.2 Å². The number of fused-ring (bicyclic) bond motifs is 1. The van der Waals surface area contributed by atoms with E-state index in [1.807, 2.05) is 37.3 Å². The first kappa shape index (κ1) is 31.9. The molecule has 5 rings (SSSR count). The zero-order chi connectivity index (χ0) is 32.8. The monoisotopic (exact) mass is 622 g/mol. The normalized spacial score (nSPS) is 14.5. The Morgan fingerprint density at radius 1 is 0.935 bits per heavy atom. The number of hydrogen-bond donors (Lipinski definition) is 1. The summed E-state index contributed by atoms with van der Waals surface area (Å²) in [6, 6.07) is 26.2. The molecule has 236 valence electrons. The van der Waals surface area contributed by atoms with Crippen molar-refractivity contribution in [3.8, 4) is 34.8 Å². The molecule has 0 aromatic heterocycles. The quantitative estimate of drug-likeness (QED) is 0.135. The van der Waals surface area contributed by atoms with Gasteiger partial charge in [-0.2, -0.15) is 5.26 Å². The van der Waals surface area contributed by atoms with Gasteiger partial charge in [-0.25, -0.2) is 9.18 Å². The van der Waals surface area contributed by atoms with Gasteiger partial charge in [0.05, 0.1) is 12.5 Å². The molecule has 4 aromatic carbocycles. The summed E-state index contributed by atoms with van der Waals surface area (Å²) < 4.78 is 42.4. The molecule has 8 nitrogen and oxygen atoms in total. The van der Waals surface area contributed by atoms with Crippen molar-refractivity contribution < 1.29 is 32.9 Å². The minimum atomic E-state index is -0.870. The smallest absolute Gasteiger partial charge is 0.352 e. The number of nitrogens with two attached hydrogens (primary N) is 1. The zero-order valence-corrected chi connectivity index (χ0v) is 26.1. The first-order valence-corrected chi connectivity index (χ1v) is 15.0. The van der Waals surface area contributed by atoms with Crippen LogP contribution in [-0.4, -0.2) is 18.7 Å². The van der Waals surface area contributed by atoms with Crippen molar-refractivity contribution in [3.05, 3.63) is 124 Å². The first-order chi connectivity index (χ1) is 22.2. The van der Waals surface area contributed by atoms with Crippen molar-refractivity contribution in [1.29, 1.82) is 5.26 Å². The molecule has 2 atom stereocenters. The second-order valence-electron chi connectivity index (χ2n) is 11.1. The predicted octanol–water partition coefficient (Wildman–Crippen LogP) is 7.52. The van der Waals surface area contributed by atoms with E-state index in [1.165, 1.54) is 17.7 Å². The van der Waals surface area contributed by atoms with E-state index in [1.54, 1.807) is 49.4 Å². The molecular formula is C37H35FN2O6. The molecule has 0 spiro atoms. The van der Waals surface area contributed by atoms with Gasteiger partial charge in [0.15, 0.2) is 17.6 Å². The highest BCUT2D eigenvalue weighted by atomic mass is 19.1. The van der Waals surface area contributed by atoms with E-state index in [2.05, 4.69) is 19.9 Å². The molecule has 0 saturated heterocycles. The number of esters is 1. The van der Waals surface area contributed by atoms with Crippen LogP contribution < -0.4 is 29.4 Å². The second kappa shape index (κ2) is 14.1. The van der Waals surface area contributed by atoms with E-state index >= 15 is 0 Å². The van der Waals surface area contributed by atoms with Crippen LogP contribution in [0.2, 0.25) is 0 Å². The third kappa shape index (κ3) is 7.24. The van der Waals surface area contributed by atoms with Crippen LogP contribution in [0.1, 0.15) is 61.8 Å². The maximum absolute atomic E-state index is 13.3. The van der Waals surface area contributed by atoms with Crippen molar-refractivity contribution in [2.45, 2.75) is 52.2 Å². The first-order valence-electron chi connectivity index (χ1n) is 15.0. The lowest BCUT2D eigenvalue weighted by Gasteiger charge is -2.27. The molecular weight excluding hydrogens is 587 g/mol. The van der Waals surface area contributed by atoms with E-state index in [0.29, 0.717) is 41.1 Å². The van der Waals surface area contributed by atoms with Gasteiger partial charge in [-0.15, -0.1) is 0 Å². The Labute approximate surface area is 267 Å². The Kier molecular flexibility index (Phi) is 9.77. The highest BCUT2D eigenvalue weighted by Crippen LogP contribution is 2.45. The molecule has 9 heteroatoms. The summed E-state index contributed by atoms with van der Waals surface area (Å²) in [7, 11) is 0. The highest BCUT2D eigenvalue weighted by molar-refractivity contribution is 5.77. The fraction of sp³-hybridized carbons (Fsp3) is 0.243. The zero-order valence-electron chi connectivity index (χ0n) is 26.1. The van der Waals surface area contributed by atoms with Crippen LogP contribution in [-0.2, 0) is 11.4 Å². The second-order valence-corrected chi connectivity index (χ2v) is 11.1. The van der Waals surface area contributed by atoms with E-state index in [0.717, 1.165) is 11.1 Å². The topological polar surface area (TPSA) is 113 Å². The molecule has 1 aliphatic heterocycles. The average molecular weight is 623 g/mol. The minimum Gasteiger partial charge on any atom is -0.490 e. The number of benzene rings is 4. The van der Waals surface area contributed by atoms with Crippen molar-refractivity contribution in [2.75, 3.05) is 6.61 Å². The Morgan fingerprint density at radius 2 is 1.65 bits per heavy atom. The number of allylic oxidation sites excluding steroid dienone is 1. The predicted molar refractivity (Wildman–Crippen MR) is 170 cm³/mol. The molecule has 0 aliphatic carbocycles. The van der Waals surface area contributed by atoms with Gasteiger partial charge in [0.1, 0.15) is 41.3 Å². The summed E-state index contributed by atoms with van der Waals surface area (Å²) in [6.07, 6.45) is -0.870. The Balaban J connectivity index is 1.36. The highest BCUT2D eigenvalue weighted by Gasteiger charge is 2.32.